The Kier molecular flexibility index (Phi) is 19.9. The molecule has 0 unspecified atom stereocenters. The van der Waals surface area contributed by atoms with Gasteiger partial charge >= 0.3 is 12.2 Å². The average Bonchev–Trinajstić information content (AvgIpc) is 3.38. The van der Waals surface area contributed by atoms with Gasteiger partial charge in [-0.3, -0.25) is 4.99 Å². The van der Waals surface area contributed by atoms with Crippen LogP contribution >= 0.6 is 0 Å². The van der Waals surface area contributed by atoms with Gasteiger partial charge in [-0.25, -0.2) is 9.59 Å². The predicted octanol–water partition coefficient (Wildman–Crippen LogP) is 3.59. The van der Waals surface area contributed by atoms with Crippen LogP contribution in [0.5, 0.6) is 0 Å². The SMILES string of the molecule is CC(C)(C)OC(=O)NCCOCCOCCN.CC(C)(C)OC(=O)NCCOCCOCCN=C([O-])OCC1c2ccccc2-c2ccccc21. The molecule has 286 valence electrons. The number of hydrogen-bond donors (Lipinski definition) is 3. The van der Waals surface area contributed by atoms with E-state index in [1.54, 1.807) is 20.8 Å². The van der Waals surface area contributed by atoms with Gasteiger partial charge in [-0.15, -0.1) is 0 Å². The molecule has 0 aliphatic heterocycles. The molecule has 2 amide bonds. The van der Waals surface area contributed by atoms with Crippen molar-refractivity contribution in [2.45, 2.75) is 58.7 Å². The van der Waals surface area contributed by atoms with Crippen molar-refractivity contribution >= 4 is 18.3 Å². The lowest BCUT2D eigenvalue weighted by Crippen LogP contribution is -2.34. The van der Waals surface area contributed by atoms with Gasteiger partial charge in [0, 0.05) is 32.2 Å². The zero-order valence-corrected chi connectivity index (χ0v) is 31.0. The summed E-state index contributed by atoms with van der Waals surface area (Å²) in [5.41, 5.74) is 8.96. The summed E-state index contributed by atoms with van der Waals surface area (Å²) in [7, 11) is 0. The van der Waals surface area contributed by atoms with Gasteiger partial charge in [0.25, 0.3) is 0 Å². The number of rotatable bonds is 19. The summed E-state index contributed by atoms with van der Waals surface area (Å²) in [6.45, 7) is 16.0. The smallest absolute Gasteiger partial charge is 0.407 e. The minimum atomic E-state index is -0.588. The number of hydrogen-bond acceptors (Lipinski definition) is 12. The van der Waals surface area contributed by atoms with Crippen molar-refractivity contribution in [3.05, 3.63) is 59.7 Å². The van der Waals surface area contributed by atoms with Gasteiger partial charge in [0.15, 0.2) is 0 Å². The van der Waals surface area contributed by atoms with E-state index in [0.29, 0.717) is 72.5 Å². The monoisotopic (exact) mass is 717 g/mol. The molecule has 14 nitrogen and oxygen atoms in total. The Labute approximate surface area is 302 Å². The van der Waals surface area contributed by atoms with Crippen molar-refractivity contribution in [2.24, 2.45) is 10.7 Å². The number of aliphatic imine (C=N–C) groups is 1. The number of nitrogens with zero attached hydrogens (tertiary/aromatic N) is 1. The van der Waals surface area contributed by atoms with E-state index in [2.05, 4.69) is 39.9 Å². The lowest BCUT2D eigenvalue weighted by molar-refractivity contribution is -0.251. The molecule has 0 aromatic heterocycles. The van der Waals surface area contributed by atoms with E-state index in [1.165, 1.54) is 22.3 Å². The number of ether oxygens (including phenoxy) is 7. The van der Waals surface area contributed by atoms with Crippen molar-refractivity contribution in [1.29, 1.82) is 0 Å². The fourth-order valence-corrected chi connectivity index (χ4v) is 4.65. The highest BCUT2D eigenvalue weighted by molar-refractivity contribution is 5.79. The van der Waals surface area contributed by atoms with E-state index < -0.39 is 29.5 Å². The summed E-state index contributed by atoms with van der Waals surface area (Å²) < 4.78 is 36.7. The van der Waals surface area contributed by atoms with Crippen molar-refractivity contribution in [1.82, 2.24) is 10.6 Å². The number of amides is 2. The van der Waals surface area contributed by atoms with Crippen molar-refractivity contribution in [3.8, 4) is 11.1 Å². The van der Waals surface area contributed by atoms with Crippen LogP contribution in [0.4, 0.5) is 9.59 Å². The minimum absolute atomic E-state index is 0.0183. The minimum Gasteiger partial charge on any atom is -0.599 e. The molecule has 1 aliphatic carbocycles. The van der Waals surface area contributed by atoms with Crippen molar-refractivity contribution in [3.63, 3.8) is 0 Å². The summed E-state index contributed by atoms with van der Waals surface area (Å²) in [6.07, 6.45) is -1.49. The highest BCUT2D eigenvalue weighted by Crippen LogP contribution is 2.44. The van der Waals surface area contributed by atoms with Crippen LogP contribution in [0, 0.1) is 0 Å². The van der Waals surface area contributed by atoms with E-state index in [-0.39, 0.29) is 19.1 Å². The van der Waals surface area contributed by atoms with E-state index >= 15 is 0 Å². The van der Waals surface area contributed by atoms with Crippen molar-refractivity contribution in [2.75, 3.05) is 85.6 Å². The summed E-state index contributed by atoms with van der Waals surface area (Å²) in [5.74, 6) is 0.0183. The third-order valence-corrected chi connectivity index (χ3v) is 6.65. The standard InChI is InChI=1S/C26H34N2O6.C11H24N2O4/c1-26(2,3)34-25(30)28-13-15-32-17-16-31-14-12-27-24(29)33-18-23-21-10-6-4-8-19(21)20-9-5-7-11-22(20)23;1-11(2,3)17-10(14)13-5-7-16-9-8-15-6-4-12/h4-11,23H,12-18H2,1-3H3,(H,27,29)(H,28,30);4-9,12H2,1-3H3,(H,13,14)/p-1. The number of carbonyl (C=O) groups excluding carboxylic acids is 2. The molecule has 0 spiro atoms. The second-order valence-electron chi connectivity index (χ2n) is 13.3. The first-order chi connectivity index (χ1) is 24.3. The molecule has 4 N–H and O–H groups in total. The molecule has 0 heterocycles. The van der Waals surface area contributed by atoms with Crippen LogP contribution in [0.15, 0.2) is 53.5 Å². The average molecular weight is 718 g/mol. The van der Waals surface area contributed by atoms with Gasteiger partial charge in [-0.2, -0.15) is 0 Å². The fraction of sp³-hybridized carbons (Fsp3) is 0.595. The van der Waals surface area contributed by atoms with Crippen LogP contribution in [-0.4, -0.2) is 115 Å². The normalized spacial score (nSPS) is 12.6. The summed E-state index contributed by atoms with van der Waals surface area (Å²) in [5, 5.41) is 17.3. The van der Waals surface area contributed by atoms with Crippen LogP contribution in [0.25, 0.3) is 11.1 Å². The van der Waals surface area contributed by atoms with Gasteiger partial charge < -0.3 is 54.6 Å². The Balaban J connectivity index is 0.000000449. The molecule has 51 heavy (non-hydrogen) atoms. The Bertz CT molecular complexity index is 1280. The quantitative estimate of drug-likeness (QED) is 0.110. The molecule has 0 saturated carbocycles. The molecule has 1 aliphatic rings. The molecule has 14 heteroatoms. The molecular weight excluding hydrogens is 660 g/mol. The Morgan fingerprint density at radius 3 is 1.57 bits per heavy atom. The summed E-state index contributed by atoms with van der Waals surface area (Å²) >= 11 is 0. The maximum absolute atomic E-state index is 12.1. The van der Waals surface area contributed by atoms with Crippen LogP contribution in [-0.2, 0) is 33.2 Å². The van der Waals surface area contributed by atoms with Crippen LogP contribution in [0.2, 0.25) is 0 Å². The molecule has 0 radical (unpaired) electrons. The van der Waals surface area contributed by atoms with Crippen LogP contribution < -0.4 is 21.5 Å². The zero-order valence-electron chi connectivity index (χ0n) is 31.0. The topological polar surface area (TPSA) is 184 Å². The predicted molar refractivity (Wildman–Crippen MR) is 193 cm³/mol. The number of nitrogens with two attached hydrogens (primary N) is 1. The molecule has 0 saturated heterocycles. The van der Waals surface area contributed by atoms with E-state index in [4.69, 9.17) is 38.9 Å². The number of alkyl carbamates (subject to hydrolysis) is 2. The third-order valence-electron chi connectivity index (χ3n) is 6.65. The first kappa shape index (κ1) is 43.2. The molecule has 0 bridgehead atoms. The lowest BCUT2D eigenvalue weighted by Gasteiger charge is -2.21. The molecule has 2 aromatic carbocycles. The molecule has 0 atom stereocenters. The van der Waals surface area contributed by atoms with E-state index in [9.17, 15) is 14.7 Å². The van der Waals surface area contributed by atoms with Crippen LogP contribution in [0.1, 0.15) is 58.6 Å². The number of nitrogens with one attached hydrogen (secondary N) is 2. The van der Waals surface area contributed by atoms with Gasteiger partial charge in [0.2, 0.25) is 0 Å². The first-order valence-electron chi connectivity index (χ1n) is 17.3. The number of fused-ring (bicyclic) bond motifs is 3. The third kappa shape index (κ3) is 19.3. The van der Waals surface area contributed by atoms with Gasteiger partial charge in [-0.05, 0) is 63.8 Å². The number of carbonyl (C=O) groups is 2. The maximum Gasteiger partial charge on any atom is 0.407 e. The van der Waals surface area contributed by atoms with E-state index in [1.807, 2.05) is 45.0 Å². The summed E-state index contributed by atoms with van der Waals surface area (Å²) in [6, 6.07) is 16.4. The lowest BCUT2D eigenvalue weighted by atomic mass is 9.98. The van der Waals surface area contributed by atoms with Crippen LogP contribution in [0.3, 0.4) is 0 Å². The Morgan fingerprint density at radius 2 is 1.12 bits per heavy atom. The fourth-order valence-electron chi connectivity index (χ4n) is 4.65. The van der Waals surface area contributed by atoms with Crippen molar-refractivity contribution < 1.29 is 47.9 Å². The molecule has 3 rings (SSSR count). The largest absolute Gasteiger partial charge is 0.599 e. The number of benzene rings is 2. The second-order valence-corrected chi connectivity index (χ2v) is 13.3. The molecular formula is C37H57N4O10-. The van der Waals surface area contributed by atoms with Gasteiger partial charge in [0.1, 0.15) is 17.3 Å². The molecule has 0 fully saturated rings. The maximum atomic E-state index is 12.1. The van der Waals surface area contributed by atoms with Gasteiger partial charge in [-0.1, -0.05) is 48.5 Å². The highest BCUT2D eigenvalue weighted by Gasteiger charge is 2.26. The zero-order chi connectivity index (χ0) is 37.5. The van der Waals surface area contributed by atoms with Gasteiger partial charge in [0.05, 0.1) is 59.4 Å². The first-order valence-corrected chi connectivity index (χ1v) is 17.3. The Morgan fingerprint density at radius 1 is 0.686 bits per heavy atom. The summed E-state index contributed by atoms with van der Waals surface area (Å²) in [4.78, 5) is 26.6. The second kappa shape index (κ2) is 23.5. The molecule has 2 aromatic rings. The highest BCUT2D eigenvalue weighted by atomic mass is 16.6. The van der Waals surface area contributed by atoms with E-state index in [0.717, 1.165) is 0 Å². The Hall–Kier alpha value is -3.95.